The molecule has 0 saturated heterocycles. The van der Waals surface area contributed by atoms with Crippen molar-refractivity contribution in [3.05, 3.63) is 106 Å². The third-order valence-electron chi connectivity index (χ3n) is 5.55. The lowest BCUT2D eigenvalue weighted by Gasteiger charge is -2.07. The molecule has 0 aliphatic heterocycles. The van der Waals surface area contributed by atoms with Crippen LogP contribution < -0.4 is 5.32 Å². The van der Waals surface area contributed by atoms with Crippen LogP contribution in [0.4, 0.5) is 5.69 Å². The molecule has 2 aromatic heterocycles. The number of para-hydroxylation sites is 1. The van der Waals surface area contributed by atoms with E-state index < -0.39 is 5.91 Å². The number of nitrogens with zero attached hydrogens (tertiary/aromatic N) is 1. The van der Waals surface area contributed by atoms with Gasteiger partial charge in [-0.15, -0.1) is 0 Å². The minimum atomic E-state index is -0.453. The molecule has 0 aliphatic carbocycles. The first-order valence-electron chi connectivity index (χ1n) is 10.6. The highest BCUT2D eigenvalue weighted by molar-refractivity contribution is 6.30. The standard InChI is InChI=1S/C27H19ClN2O4/c1-15-7-9-18(10-8-15)25-22(16(2)30-34-25)27(32)29-23-20-5-3-4-6-21(20)33-26(23)24(31)17-11-13-19(28)14-12-17/h3-14H,1-2H3,(H,29,32). The summed E-state index contributed by atoms with van der Waals surface area (Å²) in [5, 5.41) is 8.01. The van der Waals surface area contributed by atoms with Crippen molar-refractivity contribution in [2.24, 2.45) is 0 Å². The number of hydrogen-bond acceptors (Lipinski definition) is 5. The first-order chi connectivity index (χ1) is 16.4. The number of benzene rings is 3. The Morgan fingerprint density at radius 2 is 1.62 bits per heavy atom. The van der Waals surface area contributed by atoms with Gasteiger partial charge in [-0.25, -0.2) is 0 Å². The molecule has 0 aliphatic rings. The molecule has 5 rings (SSSR count). The second kappa shape index (κ2) is 8.65. The molecule has 0 radical (unpaired) electrons. The molecule has 1 amide bonds. The molecular weight excluding hydrogens is 452 g/mol. The van der Waals surface area contributed by atoms with Crippen LogP contribution in [-0.4, -0.2) is 16.8 Å². The van der Waals surface area contributed by atoms with Crippen molar-refractivity contribution < 1.29 is 18.5 Å². The highest BCUT2D eigenvalue weighted by Gasteiger charge is 2.27. The van der Waals surface area contributed by atoms with E-state index >= 15 is 0 Å². The molecule has 7 heteroatoms. The van der Waals surface area contributed by atoms with Crippen molar-refractivity contribution in [1.82, 2.24) is 5.16 Å². The Morgan fingerprint density at radius 3 is 2.35 bits per heavy atom. The number of carbonyl (C=O) groups excluding carboxylic acids is 2. The number of rotatable bonds is 5. The minimum absolute atomic E-state index is 0.0304. The van der Waals surface area contributed by atoms with Gasteiger partial charge in [0.05, 0.1) is 11.4 Å². The van der Waals surface area contributed by atoms with Gasteiger partial charge in [0.15, 0.2) is 11.5 Å². The monoisotopic (exact) mass is 470 g/mol. The summed E-state index contributed by atoms with van der Waals surface area (Å²) in [7, 11) is 0. The van der Waals surface area contributed by atoms with Crippen LogP contribution >= 0.6 is 11.6 Å². The van der Waals surface area contributed by atoms with Gasteiger partial charge in [0.1, 0.15) is 11.1 Å². The fraction of sp³-hybridized carbons (Fsp3) is 0.0741. The SMILES string of the molecule is Cc1ccc(-c2onc(C)c2C(=O)Nc2c(C(=O)c3ccc(Cl)cc3)oc3ccccc23)cc1. The summed E-state index contributed by atoms with van der Waals surface area (Å²) in [5.41, 5.74) is 3.70. The number of nitrogens with one attached hydrogen (secondary N) is 1. The largest absolute Gasteiger partial charge is 0.450 e. The van der Waals surface area contributed by atoms with E-state index in [1.54, 1.807) is 49.4 Å². The number of halogens is 1. The van der Waals surface area contributed by atoms with Gasteiger partial charge in [0, 0.05) is 21.5 Å². The Kier molecular flexibility index (Phi) is 5.51. The Balaban J connectivity index is 1.57. The lowest BCUT2D eigenvalue weighted by atomic mass is 10.0. The summed E-state index contributed by atoms with van der Waals surface area (Å²) in [5.74, 6) is -0.439. The van der Waals surface area contributed by atoms with Gasteiger partial charge in [-0.1, -0.05) is 58.7 Å². The van der Waals surface area contributed by atoms with Crippen molar-refractivity contribution in [3.8, 4) is 11.3 Å². The van der Waals surface area contributed by atoms with Gasteiger partial charge in [0.2, 0.25) is 5.78 Å². The van der Waals surface area contributed by atoms with E-state index in [0.29, 0.717) is 38.6 Å². The maximum atomic E-state index is 13.5. The summed E-state index contributed by atoms with van der Waals surface area (Å²) in [6.45, 7) is 3.68. The van der Waals surface area contributed by atoms with E-state index in [2.05, 4.69) is 10.5 Å². The van der Waals surface area contributed by atoms with Crippen molar-refractivity contribution in [2.45, 2.75) is 13.8 Å². The predicted octanol–water partition coefficient (Wildman–Crippen LogP) is 6.84. The molecule has 34 heavy (non-hydrogen) atoms. The normalized spacial score (nSPS) is 11.0. The molecule has 6 nitrogen and oxygen atoms in total. The average Bonchev–Trinajstić information content (AvgIpc) is 3.40. The number of aromatic nitrogens is 1. The van der Waals surface area contributed by atoms with E-state index in [1.165, 1.54) is 0 Å². The first-order valence-corrected chi connectivity index (χ1v) is 11.0. The molecule has 2 heterocycles. The molecule has 0 atom stereocenters. The fourth-order valence-corrected chi connectivity index (χ4v) is 3.90. The maximum absolute atomic E-state index is 13.5. The Hall–Kier alpha value is -4.16. The maximum Gasteiger partial charge on any atom is 0.261 e. The summed E-state index contributed by atoms with van der Waals surface area (Å²) >= 11 is 5.97. The van der Waals surface area contributed by atoms with E-state index in [1.807, 2.05) is 37.3 Å². The number of ketones is 1. The van der Waals surface area contributed by atoms with Crippen LogP contribution in [0.25, 0.3) is 22.3 Å². The van der Waals surface area contributed by atoms with Crippen LogP contribution in [0.1, 0.15) is 37.7 Å². The van der Waals surface area contributed by atoms with E-state index in [4.69, 9.17) is 20.5 Å². The topological polar surface area (TPSA) is 85.3 Å². The quantitative estimate of drug-likeness (QED) is 0.284. The predicted molar refractivity (Wildman–Crippen MR) is 130 cm³/mol. The molecule has 0 fully saturated rings. The molecule has 168 valence electrons. The molecule has 0 spiro atoms. The summed E-state index contributed by atoms with van der Waals surface area (Å²) in [6, 6.07) is 21.2. The van der Waals surface area contributed by atoms with Crippen molar-refractivity contribution in [1.29, 1.82) is 0 Å². The van der Waals surface area contributed by atoms with Gasteiger partial charge in [0.25, 0.3) is 5.91 Å². The number of amides is 1. The number of hydrogen-bond donors (Lipinski definition) is 1. The smallest absolute Gasteiger partial charge is 0.261 e. The highest BCUT2D eigenvalue weighted by atomic mass is 35.5. The minimum Gasteiger partial charge on any atom is -0.450 e. The summed E-state index contributed by atoms with van der Waals surface area (Å²) < 4.78 is 11.4. The fourth-order valence-electron chi connectivity index (χ4n) is 3.78. The van der Waals surface area contributed by atoms with E-state index in [-0.39, 0.29) is 17.2 Å². The molecule has 1 N–H and O–H groups in total. The number of furan rings is 1. The number of aryl methyl sites for hydroxylation is 2. The second-order valence-electron chi connectivity index (χ2n) is 7.93. The number of carbonyl (C=O) groups is 2. The van der Waals surface area contributed by atoms with Gasteiger partial charge >= 0.3 is 0 Å². The molecule has 0 unspecified atom stereocenters. The van der Waals surface area contributed by atoms with Crippen LogP contribution in [0.2, 0.25) is 5.02 Å². The molecular formula is C27H19ClN2O4. The van der Waals surface area contributed by atoms with Crippen LogP contribution in [0, 0.1) is 13.8 Å². The van der Waals surface area contributed by atoms with Crippen LogP contribution in [0.5, 0.6) is 0 Å². The Labute approximate surface area is 200 Å². The molecule has 0 bridgehead atoms. The molecule has 0 saturated carbocycles. The zero-order chi connectivity index (χ0) is 23.8. The Bertz CT molecular complexity index is 1530. The average molecular weight is 471 g/mol. The summed E-state index contributed by atoms with van der Waals surface area (Å²) in [4.78, 5) is 26.8. The number of fused-ring (bicyclic) bond motifs is 1. The third-order valence-corrected chi connectivity index (χ3v) is 5.80. The number of anilines is 1. The second-order valence-corrected chi connectivity index (χ2v) is 8.37. The van der Waals surface area contributed by atoms with E-state index in [0.717, 1.165) is 11.1 Å². The first kappa shape index (κ1) is 21.7. The summed E-state index contributed by atoms with van der Waals surface area (Å²) in [6.07, 6.45) is 0. The molecule has 5 aromatic rings. The lowest BCUT2D eigenvalue weighted by molar-refractivity contribution is 0.101. The Morgan fingerprint density at radius 1 is 0.912 bits per heavy atom. The molecule has 3 aromatic carbocycles. The lowest BCUT2D eigenvalue weighted by Crippen LogP contribution is -2.15. The van der Waals surface area contributed by atoms with E-state index in [9.17, 15) is 9.59 Å². The third kappa shape index (κ3) is 3.89. The van der Waals surface area contributed by atoms with Crippen LogP contribution in [-0.2, 0) is 0 Å². The van der Waals surface area contributed by atoms with Crippen molar-refractivity contribution >= 4 is 39.9 Å². The van der Waals surface area contributed by atoms with Crippen molar-refractivity contribution in [2.75, 3.05) is 5.32 Å². The zero-order valence-corrected chi connectivity index (χ0v) is 19.1. The van der Waals surface area contributed by atoms with Gasteiger partial charge in [-0.2, -0.15) is 0 Å². The van der Waals surface area contributed by atoms with Crippen LogP contribution in [0.15, 0.2) is 81.7 Å². The van der Waals surface area contributed by atoms with Gasteiger partial charge in [-0.05, 0) is 50.2 Å². The van der Waals surface area contributed by atoms with Crippen molar-refractivity contribution in [3.63, 3.8) is 0 Å². The zero-order valence-electron chi connectivity index (χ0n) is 18.4. The highest BCUT2D eigenvalue weighted by Crippen LogP contribution is 2.34. The van der Waals surface area contributed by atoms with Gasteiger partial charge < -0.3 is 14.3 Å². The van der Waals surface area contributed by atoms with Gasteiger partial charge in [-0.3, -0.25) is 9.59 Å². The van der Waals surface area contributed by atoms with Crippen LogP contribution in [0.3, 0.4) is 0 Å².